The smallest absolute Gasteiger partial charge is 0.229 e. The first-order chi connectivity index (χ1) is 8.84. The largest absolute Gasteiger partial charge is 0.280 e. The maximum absolute atomic E-state index is 12.2. The lowest BCUT2D eigenvalue weighted by Gasteiger charge is -2.22. The molecule has 4 heteroatoms. The van der Waals surface area contributed by atoms with E-state index in [0.717, 1.165) is 11.6 Å². The molecule has 2 atom stereocenters. The highest BCUT2D eigenvalue weighted by molar-refractivity contribution is 7.13. The van der Waals surface area contributed by atoms with Crippen molar-refractivity contribution in [2.24, 2.45) is 5.92 Å². The van der Waals surface area contributed by atoms with Gasteiger partial charge in [0.1, 0.15) is 0 Å². The number of hydrogen-bond donors (Lipinski definition) is 0. The standard InChI is InChI=1S/C14H12N2OS/c17-12-8-10-7-9-3-1-2-4-11(9)13(10)16(12)14-15-5-6-18-14/h1-6,10,13H,7-8H2/t10-,13+/m1/s1. The van der Waals surface area contributed by atoms with Gasteiger partial charge in [-0.3, -0.25) is 9.69 Å². The summed E-state index contributed by atoms with van der Waals surface area (Å²) in [6.07, 6.45) is 3.44. The van der Waals surface area contributed by atoms with Gasteiger partial charge in [-0.15, -0.1) is 11.3 Å². The van der Waals surface area contributed by atoms with Crippen LogP contribution in [0.1, 0.15) is 23.6 Å². The molecule has 18 heavy (non-hydrogen) atoms. The predicted molar refractivity (Wildman–Crippen MR) is 70.6 cm³/mol. The number of anilines is 1. The van der Waals surface area contributed by atoms with Gasteiger partial charge in [-0.25, -0.2) is 4.98 Å². The molecule has 1 fully saturated rings. The average Bonchev–Trinajstić information content (AvgIpc) is 3.03. The molecule has 4 rings (SSSR count). The molecule has 1 aromatic carbocycles. The lowest BCUT2D eigenvalue weighted by atomic mass is 10.0. The number of rotatable bonds is 1. The maximum atomic E-state index is 12.2. The Bertz CT molecular complexity index is 608. The van der Waals surface area contributed by atoms with Crippen LogP contribution in [0.4, 0.5) is 5.13 Å². The van der Waals surface area contributed by atoms with Gasteiger partial charge in [-0.05, 0) is 23.5 Å². The molecule has 0 spiro atoms. The van der Waals surface area contributed by atoms with Crippen LogP contribution >= 0.6 is 11.3 Å². The first-order valence-corrected chi connectivity index (χ1v) is 7.02. The number of aromatic nitrogens is 1. The van der Waals surface area contributed by atoms with E-state index in [1.807, 2.05) is 10.3 Å². The van der Waals surface area contributed by atoms with Crippen LogP contribution in [0.25, 0.3) is 0 Å². The van der Waals surface area contributed by atoms with Gasteiger partial charge in [-0.2, -0.15) is 0 Å². The lowest BCUT2D eigenvalue weighted by Crippen LogP contribution is -2.27. The minimum absolute atomic E-state index is 0.208. The van der Waals surface area contributed by atoms with Gasteiger partial charge >= 0.3 is 0 Å². The van der Waals surface area contributed by atoms with E-state index in [1.54, 1.807) is 17.5 Å². The Hall–Kier alpha value is -1.68. The molecule has 2 aliphatic rings. The van der Waals surface area contributed by atoms with Crippen molar-refractivity contribution >= 4 is 22.4 Å². The molecule has 90 valence electrons. The zero-order valence-corrected chi connectivity index (χ0v) is 10.6. The van der Waals surface area contributed by atoms with Crippen molar-refractivity contribution in [2.75, 3.05) is 4.90 Å². The molecule has 0 saturated carbocycles. The molecule has 2 aromatic rings. The van der Waals surface area contributed by atoms with E-state index in [2.05, 4.69) is 29.2 Å². The van der Waals surface area contributed by atoms with Crippen molar-refractivity contribution in [3.8, 4) is 0 Å². The summed E-state index contributed by atoms with van der Waals surface area (Å²) in [6.45, 7) is 0. The summed E-state index contributed by atoms with van der Waals surface area (Å²) >= 11 is 1.54. The number of hydrogen-bond acceptors (Lipinski definition) is 3. The molecule has 0 radical (unpaired) electrons. The number of nitrogens with zero attached hydrogens (tertiary/aromatic N) is 2. The minimum atomic E-state index is 0.208. The van der Waals surface area contributed by atoms with Crippen molar-refractivity contribution in [1.82, 2.24) is 4.98 Å². The first-order valence-electron chi connectivity index (χ1n) is 6.14. The second kappa shape index (κ2) is 3.65. The molecular weight excluding hydrogens is 244 g/mol. The Balaban J connectivity index is 1.83. The quantitative estimate of drug-likeness (QED) is 0.786. The molecular formula is C14H12N2OS. The third-order valence-electron chi connectivity index (χ3n) is 3.91. The minimum Gasteiger partial charge on any atom is -0.280 e. The zero-order chi connectivity index (χ0) is 12.1. The van der Waals surface area contributed by atoms with Gasteiger partial charge in [0.15, 0.2) is 5.13 Å². The zero-order valence-electron chi connectivity index (χ0n) is 9.74. The Kier molecular flexibility index (Phi) is 2.08. The number of thiazole rings is 1. The van der Waals surface area contributed by atoms with Gasteiger partial charge in [0.05, 0.1) is 6.04 Å². The summed E-state index contributed by atoms with van der Waals surface area (Å²) in [7, 11) is 0. The second-order valence-corrected chi connectivity index (χ2v) is 5.76. The topological polar surface area (TPSA) is 33.2 Å². The lowest BCUT2D eigenvalue weighted by molar-refractivity contribution is -0.117. The molecule has 1 aliphatic heterocycles. The summed E-state index contributed by atoms with van der Waals surface area (Å²) in [5, 5.41) is 2.76. The SMILES string of the molecule is O=C1C[C@H]2Cc3ccccc3[C@H]2N1c1nccs1. The van der Waals surface area contributed by atoms with Crippen molar-refractivity contribution < 1.29 is 4.79 Å². The average molecular weight is 256 g/mol. The van der Waals surface area contributed by atoms with Crippen LogP contribution in [0.3, 0.4) is 0 Å². The van der Waals surface area contributed by atoms with Crippen molar-refractivity contribution in [2.45, 2.75) is 18.9 Å². The second-order valence-electron chi connectivity index (χ2n) is 4.89. The van der Waals surface area contributed by atoms with Crippen LogP contribution in [-0.4, -0.2) is 10.9 Å². The Morgan fingerprint density at radius 2 is 2.17 bits per heavy atom. The fraction of sp³-hybridized carbons (Fsp3) is 0.286. The molecule has 0 unspecified atom stereocenters. The Morgan fingerprint density at radius 1 is 1.28 bits per heavy atom. The van der Waals surface area contributed by atoms with Crippen molar-refractivity contribution in [1.29, 1.82) is 0 Å². The van der Waals surface area contributed by atoms with E-state index in [4.69, 9.17) is 0 Å². The van der Waals surface area contributed by atoms with Crippen molar-refractivity contribution in [3.63, 3.8) is 0 Å². The van der Waals surface area contributed by atoms with Crippen LogP contribution < -0.4 is 4.90 Å². The number of amides is 1. The third kappa shape index (κ3) is 1.29. The highest BCUT2D eigenvalue weighted by Gasteiger charge is 2.46. The normalized spacial score (nSPS) is 25.3. The molecule has 1 saturated heterocycles. The molecule has 2 heterocycles. The van der Waals surface area contributed by atoms with Crippen LogP contribution in [0, 0.1) is 5.92 Å². The van der Waals surface area contributed by atoms with E-state index in [9.17, 15) is 4.79 Å². The van der Waals surface area contributed by atoms with Gasteiger partial charge in [0.2, 0.25) is 5.91 Å². The first kappa shape index (κ1) is 10.3. The number of carbonyl (C=O) groups is 1. The number of carbonyl (C=O) groups excluding carboxylic acids is 1. The van der Waals surface area contributed by atoms with Gasteiger partial charge in [-0.1, -0.05) is 24.3 Å². The predicted octanol–water partition coefficient (Wildman–Crippen LogP) is 2.79. The van der Waals surface area contributed by atoms with Crippen LogP contribution in [0.2, 0.25) is 0 Å². The van der Waals surface area contributed by atoms with Gasteiger partial charge in [0.25, 0.3) is 0 Å². The Morgan fingerprint density at radius 3 is 3.00 bits per heavy atom. The highest BCUT2D eigenvalue weighted by atomic mass is 32.1. The fourth-order valence-corrected chi connectivity index (χ4v) is 3.92. The molecule has 0 N–H and O–H groups in total. The van der Waals surface area contributed by atoms with Gasteiger partial charge < -0.3 is 0 Å². The van der Waals surface area contributed by atoms with Gasteiger partial charge in [0, 0.05) is 18.0 Å². The van der Waals surface area contributed by atoms with E-state index in [1.165, 1.54) is 11.1 Å². The Labute approximate surface area is 109 Å². The summed E-state index contributed by atoms with van der Waals surface area (Å²) < 4.78 is 0. The molecule has 1 amide bonds. The van der Waals surface area contributed by atoms with E-state index >= 15 is 0 Å². The van der Waals surface area contributed by atoms with Crippen molar-refractivity contribution in [3.05, 3.63) is 47.0 Å². The molecule has 1 aliphatic carbocycles. The van der Waals surface area contributed by atoms with Crippen LogP contribution in [0.5, 0.6) is 0 Å². The van der Waals surface area contributed by atoms with Crippen LogP contribution in [-0.2, 0) is 11.2 Å². The third-order valence-corrected chi connectivity index (χ3v) is 4.68. The van der Waals surface area contributed by atoms with E-state index in [-0.39, 0.29) is 11.9 Å². The summed E-state index contributed by atoms with van der Waals surface area (Å²) in [6, 6.07) is 8.68. The monoisotopic (exact) mass is 256 g/mol. The van der Waals surface area contributed by atoms with E-state index < -0.39 is 0 Å². The number of fused-ring (bicyclic) bond motifs is 3. The summed E-state index contributed by atoms with van der Waals surface area (Å²) in [4.78, 5) is 18.4. The number of benzene rings is 1. The molecule has 0 bridgehead atoms. The van der Waals surface area contributed by atoms with E-state index in [0.29, 0.717) is 12.3 Å². The van der Waals surface area contributed by atoms with Crippen LogP contribution in [0.15, 0.2) is 35.8 Å². The maximum Gasteiger partial charge on any atom is 0.229 e. The summed E-state index contributed by atoms with van der Waals surface area (Å²) in [5.41, 5.74) is 2.70. The molecule has 3 nitrogen and oxygen atoms in total. The summed E-state index contributed by atoms with van der Waals surface area (Å²) in [5.74, 6) is 0.647. The fourth-order valence-electron chi connectivity index (χ4n) is 3.23. The highest BCUT2D eigenvalue weighted by Crippen LogP contribution is 2.48. The molecule has 1 aromatic heterocycles.